The average Bonchev–Trinajstić information content (AvgIpc) is 3.13. The van der Waals surface area contributed by atoms with Crippen molar-refractivity contribution in [2.45, 2.75) is 128 Å². The molecule has 12 atom stereocenters. The van der Waals surface area contributed by atoms with Gasteiger partial charge in [0.25, 0.3) is 0 Å². The standard InChI is InChI=1S/C30H46O11S/c1-16(23-15-27(4,33)29(6,34)25(40-23)39-17(2)31)30(35)12-10-21-20-8-7-18-13-19(41-42(36,37)38)14-24(32)28(18,5)22(20)9-11-26(21,30)3/h7,16,19-23,25,33-35H,8-15H2,1-6H3,(H,36,37,38)/t16-,19-,20+,21+,22+,23-,25-,26+,27-,28+,29-,30+/m1/s1. The molecule has 3 saturated carbocycles. The van der Waals surface area contributed by atoms with Crippen molar-refractivity contribution in [1.29, 1.82) is 0 Å². The summed E-state index contributed by atoms with van der Waals surface area (Å²) in [5.74, 6) is -0.941. The highest BCUT2D eigenvalue weighted by Crippen LogP contribution is 2.68. The number of rotatable bonds is 5. The summed E-state index contributed by atoms with van der Waals surface area (Å²) >= 11 is 0. The number of aliphatic hydroxyl groups is 3. The van der Waals surface area contributed by atoms with Crippen LogP contribution < -0.4 is 0 Å². The number of carbonyl (C=O) groups is 2. The molecular weight excluding hydrogens is 568 g/mol. The maximum Gasteiger partial charge on any atom is 0.397 e. The van der Waals surface area contributed by atoms with Gasteiger partial charge >= 0.3 is 16.4 Å². The Morgan fingerprint density at radius 3 is 2.33 bits per heavy atom. The van der Waals surface area contributed by atoms with Gasteiger partial charge in [-0.3, -0.25) is 14.1 Å². The number of carbonyl (C=O) groups excluding carboxylic acids is 2. The second kappa shape index (κ2) is 10.1. The van der Waals surface area contributed by atoms with Crippen molar-refractivity contribution >= 4 is 22.2 Å². The molecule has 11 nitrogen and oxygen atoms in total. The predicted octanol–water partition coefficient (Wildman–Crippen LogP) is 2.86. The zero-order chi connectivity index (χ0) is 31.3. The Labute approximate surface area is 247 Å². The van der Waals surface area contributed by atoms with Crippen LogP contribution in [0.25, 0.3) is 0 Å². The van der Waals surface area contributed by atoms with E-state index >= 15 is 0 Å². The van der Waals surface area contributed by atoms with Crippen molar-refractivity contribution in [3.63, 3.8) is 0 Å². The van der Waals surface area contributed by atoms with Gasteiger partial charge in [0.2, 0.25) is 6.29 Å². The molecule has 4 fully saturated rings. The molecule has 4 N–H and O–H groups in total. The average molecular weight is 615 g/mol. The number of hydrogen-bond acceptors (Lipinski definition) is 10. The summed E-state index contributed by atoms with van der Waals surface area (Å²) in [6, 6.07) is 0. The summed E-state index contributed by atoms with van der Waals surface area (Å²) in [6.07, 6.45) is 2.54. The fraction of sp³-hybridized carbons (Fsp3) is 0.867. The minimum Gasteiger partial charge on any atom is -0.433 e. The maximum absolute atomic E-state index is 13.6. The van der Waals surface area contributed by atoms with Gasteiger partial charge in [-0.25, -0.2) is 4.18 Å². The first-order valence-corrected chi connectivity index (χ1v) is 16.4. The summed E-state index contributed by atoms with van der Waals surface area (Å²) in [5.41, 5.74) is -5.09. The zero-order valence-corrected chi connectivity index (χ0v) is 26.1. The molecule has 0 aromatic heterocycles. The number of fused-ring (bicyclic) bond motifs is 5. The van der Waals surface area contributed by atoms with Crippen molar-refractivity contribution < 1.29 is 51.5 Å². The van der Waals surface area contributed by atoms with E-state index in [9.17, 15) is 33.3 Å². The van der Waals surface area contributed by atoms with Crippen molar-refractivity contribution in [1.82, 2.24) is 0 Å². The quantitative estimate of drug-likeness (QED) is 0.203. The van der Waals surface area contributed by atoms with Crippen LogP contribution >= 0.6 is 0 Å². The van der Waals surface area contributed by atoms with E-state index in [4.69, 9.17) is 18.2 Å². The van der Waals surface area contributed by atoms with E-state index in [1.54, 1.807) is 0 Å². The van der Waals surface area contributed by atoms with Crippen LogP contribution in [0.5, 0.6) is 0 Å². The summed E-state index contributed by atoms with van der Waals surface area (Å²) in [6.45, 7) is 10.0. The Hall–Kier alpha value is -1.41. The largest absolute Gasteiger partial charge is 0.433 e. The lowest BCUT2D eigenvalue weighted by molar-refractivity contribution is -0.336. The number of ether oxygens (including phenoxy) is 2. The van der Waals surface area contributed by atoms with Gasteiger partial charge in [-0.05, 0) is 82.5 Å². The van der Waals surface area contributed by atoms with E-state index in [1.807, 2.05) is 19.9 Å². The van der Waals surface area contributed by atoms with Gasteiger partial charge in [-0.2, -0.15) is 8.42 Å². The smallest absolute Gasteiger partial charge is 0.397 e. The molecule has 1 saturated heterocycles. The minimum atomic E-state index is -4.67. The maximum atomic E-state index is 13.6. The molecule has 1 aliphatic heterocycles. The van der Waals surface area contributed by atoms with Gasteiger partial charge in [0, 0.05) is 25.7 Å². The van der Waals surface area contributed by atoms with Gasteiger partial charge in [0.05, 0.1) is 28.8 Å². The number of hydrogen-bond donors (Lipinski definition) is 4. The molecule has 0 bridgehead atoms. The molecule has 12 heteroatoms. The molecule has 0 aromatic rings. The van der Waals surface area contributed by atoms with Crippen LogP contribution in [-0.4, -0.2) is 75.3 Å². The Kier molecular flexibility index (Phi) is 7.66. The van der Waals surface area contributed by atoms with Crippen LogP contribution in [0.3, 0.4) is 0 Å². The molecule has 5 aliphatic rings. The normalized spacial score (nSPS) is 49.8. The van der Waals surface area contributed by atoms with Crippen LogP contribution in [0, 0.1) is 34.5 Å². The molecule has 238 valence electrons. The lowest BCUT2D eigenvalue weighted by atomic mass is 9.46. The van der Waals surface area contributed by atoms with E-state index in [0.29, 0.717) is 25.7 Å². The van der Waals surface area contributed by atoms with Gasteiger partial charge in [-0.15, -0.1) is 0 Å². The first-order valence-electron chi connectivity index (χ1n) is 15.1. The third kappa shape index (κ3) is 4.71. The Balaban J connectivity index is 1.40. The highest BCUT2D eigenvalue weighted by atomic mass is 32.3. The monoisotopic (exact) mass is 614 g/mol. The molecule has 1 heterocycles. The molecule has 5 rings (SSSR count). The van der Waals surface area contributed by atoms with E-state index in [2.05, 4.69) is 6.92 Å². The van der Waals surface area contributed by atoms with E-state index < -0.39 is 68.4 Å². The Bertz CT molecular complexity index is 1270. The lowest BCUT2D eigenvalue weighted by Gasteiger charge is -2.60. The first kappa shape index (κ1) is 32.0. The fourth-order valence-corrected chi connectivity index (χ4v) is 10.1. The lowest BCUT2D eigenvalue weighted by Crippen LogP contribution is -2.68. The number of Topliss-reactive ketones (excluding diaryl/α,β-unsaturated/α-hetero) is 1. The highest BCUT2D eigenvalue weighted by molar-refractivity contribution is 7.80. The topological polar surface area (TPSA) is 177 Å². The van der Waals surface area contributed by atoms with E-state index in [-0.39, 0.29) is 42.8 Å². The van der Waals surface area contributed by atoms with Crippen LogP contribution in [0.2, 0.25) is 0 Å². The van der Waals surface area contributed by atoms with Gasteiger partial charge in [-0.1, -0.05) is 25.5 Å². The predicted molar refractivity (Wildman–Crippen MR) is 149 cm³/mol. The Morgan fingerprint density at radius 1 is 1.07 bits per heavy atom. The molecular formula is C30H46O11S. The number of esters is 1. The van der Waals surface area contributed by atoms with Crippen molar-refractivity contribution in [2.75, 3.05) is 0 Å². The highest BCUT2D eigenvalue weighted by Gasteiger charge is 2.68. The van der Waals surface area contributed by atoms with Crippen molar-refractivity contribution in [2.24, 2.45) is 34.5 Å². The summed E-state index contributed by atoms with van der Waals surface area (Å²) < 4.78 is 48.0. The molecule has 0 spiro atoms. The first-order chi connectivity index (χ1) is 19.2. The van der Waals surface area contributed by atoms with E-state index in [1.165, 1.54) is 20.8 Å². The summed E-state index contributed by atoms with van der Waals surface area (Å²) in [7, 11) is -4.67. The zero-order valence-electron chi connectivity index (χ0n) is 25.3. The molecule has 0 aromatic carbocycles. The second-order valence-corrected chi connectivity index (χ2v) is 15.5. The van der Waals surface area contributed by atoms with Gasteiger partial charge in [0.15, 0.2) is 5.60 Å². The second-order valence-electron chi connectivity index (χ2n) is 14.5. The van der Waals surface area contributed by atoms with Gasteiger partial charge in [0.1, 0.15) is 5.78 Å². The van der Waals surface area contributed by atoms with Crippen LogP contribution in [-0.2, 0) is 33.6 Å². The van der Waals surface area contributed by atoms with Crippen molar-refractivity contribution in [3.05, 3.63) is 11.6 Å². The fourth-order valence-electron chi connectivity index (χ4n) is 9.61. The molecule has 0 amide bonds. The van der Waals surface area contributed by atoms with E-state index in [0.717, 1.165) is 12.0 Å². The minimum absolute atomic E-state index is 0.0301. The Morgan fingerprint density at radius 2 is 1.71 bits per heavy atom. The molecule has 42 heavy (non-hydrogen) atoms. The van der Waals surface area contributed by atoms with Crippen LogP contribution in [0.4, 0.5) is 0 Å². The number of allylic oxidation sites excluding steroid dienone is 1. The van der Waals surface area contributed by atoms with Crippen molar-refractivity contribution in [3.8, 4) is 0 Å². The molecule has 0 radical (unpaired) electrons. The van der Waals surface area contributed by atoms with Crippen LogP contribution in [0.15, 0.2) is 11.6 Å². The SMILES string of the molecule is CC(=O)O[C@@H]1O[C@@H]([C@@H](C)[C@@]2(O)CC[C@H]3[C@@H]4CC=C5C[C@@H](OS(=O)(=O)O)CC(=O)[C@]5(C)[C@H]4CC[C@@]32C)C[C@@](C)(O)[C@]1(C)O. The molecule has 4 aliphatic carbocycles. The summed E-state index contributed by atoms with van der Waals surface area (Å²) in [5, 5.41) is 34.8. The van der Waals surface area contributed by atoms with Crippen LogP contribution in [0.1, 0.15) is 92.9 Å². The molecule has 0 unspecified atom stereocenters. The summed E-state index contributed by atoms with van der Waals surface area (Å²) in [4.78, 5) is 25.4. The third-order valence-corrected chi connectivity index (χ3v) is 12.9. The number of ketones is 1. The van der Waals surface area contributed by atoms with Gasteiger partial charge < -0.3 is 24.8 Å². The third-order valence-electron chi connectivity index (χ3n) is 12.4.